The van der Waals surface area contributed by atoms with Crippen LogP contribution in [0.4, 0.5) is 4.39 Å². The Hall–Kier alpha value is -1.49. The molecular weight excluding hydrogens is 247 g/mol. The summed E-state index contributed by atoms with van der Waals surface area (Å²) in [6.45, 7) is 0.0925. The van der Waals surface area contributed by atoms with Crippen molar-refractivity contribution in [2.24, 2.45) is 5.92 Å². The Balaban J connectivity index is 1.77. The van der Waals surface area contributed by atoms with E-state index in [4.69, 9.17) is 5.11 Å². The summed E-state index contributed by atoms with van der Waals surface area (Å²) >= 11 is 0. The summed E-state index contributed by atoms with van der Waals surface area (Å²) in [6, 6.07) is 1.48. The predicted octanol–water partition coefficient (Wildman–Crippen LogP) is 1.43. The van der Waals surface area contributed by atoms with E-state index in [0.717, 1.165) is 24.6 Å². The molecule has 0 radical (unpaired) electrons. The summed E-state index contributed by atoms with van der Waals surface area (Å²) in [6.07, 6.45) is 6.37. The van der Waals surface area contributed by atoms with E-state index < -0.39 is 0 Å². The molecule has 0 spiro atoms. The van der Waals surface area contributed by atoms with E-state index in [1.54, 1.807) is 6.20 Å². The van der Waals surface area contributed by atoms with Crippen molar-refractivity contribution in [2.45, 2.75) is 38.1 Å². The van der Waals surface area contributed by atoms with Gasteiger partial charge in [0.15, 0.2) is 0 Å². The second-order valence-corrected chi connectivity index (χ2v) is 5.04. The van der Waals surface area contributed by atoms with Crippen LogP contribution in [0, 0.1) is 11.7 Å². The van der Waals surface area contributed by atoms with Gasteiger partial charge in [0, 0.05) is 25.3 Å². The number of hydrogen-bond acceptors (Lipinski definition) is 3. The highest BCUT2D eigenvalue weighted by molar-refractivity contribution is 5.76. The second-order valence-electron chi connectivity index (χ2n) is 5.04. The first-order valence-electron chi connectivity index (χ1n) is 6.68. The van der Waals surface area contributed by atoms with Gasteiger partial charge >= 0.3 is 0 Å². The van der Waals surface area contributed by atoms with Crippen LogP contribution in [0.25, 0.3) is 0 Å². The van der Waals surface area contributed by atoms with Crippen LogP contribution >= 0.6 is 0 Å². The second kappa shape index (κ2) is 6.61. The molecule has 1 saturated carbocycles. The molecule has 1 amide bonds. The molecule has 2 N–H and O–H groups in total. The first kappa shape index (κ1) is 13.9. The SMILES string of the molecule is O=C(CCc1cncc(F)c1)NC(CCO)C1CC1. The Labute approximate surface area is 112 Å². The highest BCUT2D eigenvalue weighted by atomic mass is 19.1. The van der Waals surface area contributed by atoms with E-state index in [-0.39, 0.29) is 24.4 Å². The molecular formula is C14H19FN2O2. The molecule has 0 aliphatic heterocycles. The Kier molecular flexibility index (Phi) is 4.85. The molecule has 0 bridgehead atoms. The van der Waals surface area contributed by atoms with Gasteiger partial charge in [0.05, 0.1) is 6.20 Å². The Morgan fingerprint density at radius 2 is 2.32 bits per heavy atom. The molecule has 1 aliphatic rings. The van der Waals surface area contributed by atoms with Crippen molar-refractivity contribution in [3.63, 3.8) is 0 Å². The van der Waals surface area contributed by atoms with Crippen LogP contribution < -0.4 is 5.32 Å². The molecule has 4 nitrogen and oxygen atoms in total. The van der Waals surface area contributed by atoms with Gasteiger partial charge in [-0.2, -0.15) is 0 Å². The molecule has 0 saturated heterocycles. The van der Waals surface area contributed by atoms with Crippen molar-refractivity contribution in [2.75, 3.05) is 6.61 Å². The summed E-state index contributed by atoms with van der Waals surface area (Å²) in [5.41, 5.74) is 0.722. The zero-order chi connectivity index (χ0) is 13.7. The molecule has 1 heterocycles. The van der Waals surface area contributed by atoms with Gasteiger partial charge in [0.25, 0.3) is 0 Å². The van der Waals surface area contributed by atoms with Crippen molar-refractivity contribution in [3.05, 3.63) is 29.8 Å². The van der Waals surface area contributed by atoms with E-state index >= 15 is 0 Å². The highest BCUT2D eigenvalue weighted by Crippen LogP contribution is 2.33. The standard InChI is InChI=1S/C14H19FN2O2/c15-12-7-10(8-16-9-12)1-4-14(19)17-13(5-6-18)11-2-3-11/h7-9,11,13,18H,1-6H2,(H,17,19). The van der Waals surface area contributed by atoms with E-state index in [9.17, 15) is 9.18 Å². The molecule has 104 valence electrons. The minimum atomic E-state index is -0.381. The number of aryl methyl sites for hydroxylation is 1. The average molecular weight is 266 g/mol. The lowest BCUT2D eigenvalue weighted by molar-refractivity contribution is -0.122. The fourth-order valence-electron chi connectivity index (χ4n) is 2.19. The third-order valence-electron chi connectivity index (χ3n) is 3.38. The molecule has 1 fully saturated rings. The zero-order valence-corrected chi connectivity index (χ0v) is 10.8. The average Bonchev–Trinajstić information content (AvgIpc) is 3.20. The fourth-order valence-corrected chi connectivity index (χ4v) is 2.19. The summed E-state index contributed by atoms with van der Waals surface area (Å²) in [5, 5.41) is 11.9. The number of pyridine rings is 1. The number of rotatable bonds is 7. The minimum absolute atomic E-state index is 0.0467. The monoisotopic (exact) mass is 266 g/mol. The predicted molar refractivity (Wildman–Crippen MR) is 68.9 cm³/mol. The van der Waals surface area contributed by atoms with Gasteiger partial charge in [0.1, 0.15) is 5.82 Å². The van der Waals surface area contributed by atoms with Crippen LogP contribution in [0.15, 0.2) is 18.5 Å². The van der Waals surface area contributed by atoms with Crippen molar-refractivity contribution >= 4 is 5.91 Å². The largest absolute Gasteiger partial charge is 0.396 e. The molecule has 1 aliphatic carbocycles. The van der Waals surface area contributed by atoms with Crippen LogP contribution in [-0.2, 0) is 11.2 Å². The molecule has 1 aromatic heterocycles. The number of halogens is 1. The van der Waals surface area contributed by atoms with Crippen LogP contribution in [0.5, 0.6) is 0 Å². The molecule has 1 aromatic rings. The maximum absolute atomic E-state index is 12.9. The van der Waals surface area contributed by atoms with E-state index in [2.05, 4.69) is 10.3 Å². The Bertz CT molecular complexity index is 435. The first-order valence-corrected chi connectivity index (χ1v) is 6.68. The fraction of sp³-hybridized carbons (Fsp3) is 0.571. The summed E-state index contributed by atoms with van der Waals surface area (Å²) < 4.78 is 12.9. The summed E-state index contributed by atoms with van der Waals surface area (Å²) in [5.74, 6) is 0.0931. The topological polar surface area (TPSA) is 62.2 Å². The zero-order valence-electron chi connectivity index (χ0n) is 10.8. The van der Waals surface area contributed by atoms with E-state index in [1.165, 1.54) is 6.07 Å². The quantitative estimate of drug-likeness (QED) is 0.785. The number of nitrogens with one attached hydrogen (secondary N) is 1. The van der Waals surface area contributed by atoms with Gasteiger partial charge in [-0.1, -0.05) is 0 Å². The number of amides is 1. The third-order valence-corrected chi connectivity index (χ3v) is 3.38. The molecule has 1 unspecified atom stereocenters. The maximum Gasteiger partial charge on any atom is 0.220 e. The van der Waals surface area contributed by atoms with Gasteiger partial charge in [-0.15, -0.1) is 0 Å². The van der Waals surface area contributed by atoms with Crippen molar-refractivity contribution in [3.8, 4) is 0 Å². The lowest BCUT2D eigenvalue weighted by Gasteiger charge is -2.17. The first-order chi connectivity index (χ1) is 9.19. The van der Waals surface area contributed by atoms with Crippen LogP contribution in [0.1, 0.15) is 31.2 Å². The third kappa shape index (κ3) is 4.59. The van der Waals surface area contributed by atoms with Gasteiger partial charge in [0.2, 0.25) is 5.91 Å². The maximum atomic E-state index is 12.9. The lowest BCUT2D eigenvalue weighted by Crippen LogP contribution is -2.37. The molecule has 19 heavy (non-hydrogen) atoms. The molecule has 1 atom stereocenters. The number of carbonyl (C=O) groups is 1. The highest BCUT2D eigenvalue weighted by Gasteiger charge is 2.31. The van der Waals surface area contributed by atoms with Gasteiger partial charge in [-0.3, -0.25) is 9.78 Å². The lowest BCUT2D eigenvalue weighted by atomic mass is 10.1. The van der Waals surface area contributed by atoms with Crippen LogP contribution in [0.3, 0.4) is 0 Å². The number of aromatic nitrogens is 1. The molecule has 5 heteroatoms. The van der Waals surface area contributed by atoms with Crippen molar-refractivity contribution < 1.29 is 14.3 Å². The van der Waals surface area contributed by atoms with Gasteiger partial charge in [-0.25, -0.2) is 4.39 Å². The Morgan fingerprint density at radius 3 is 2.95 bits per heavy atom. The molecule has 2 rings (SSSR count). The van der Waals surface area contributed by atoms with Crippen LogP contribution in [-0.4, -0.2) is 28.6 Å². The number of aliphatic hydroxyl groups excluding tert-OH is 1. The number of aliphatic hydroxyl groups is 1. The van der Waals surface area contributed by atoms with Gasteiger partial charge in [-0.05, 0) is 43.2 Å². The normalized spacial score (nSPS) is 16.1. The Morgan fingerprint density at radius 1 is 1.53 bits per heavy atom. The van der Waals surface area contributed by atoms with Gasteiger partial charge < -0.3 is 10.4 Å². The van der Waals surface area contributed by atoms with Crippen LogP contribution in [0.2, 0.25) is 0 Å². The minimum Gasteiger partial charge on any atom is -0.396 e. The number of carbonyl (C=O) groups excluding carboxylic acids is 1. The summed E-state index contributed by atoms with van der Waals surface area (Å²) in [4.78, 5) is 15.6. The van der Waals surface area contributed by atoms with E-state index in [1.807, 2.05) is 0 Å². The molecule has 0 aromatic carbocycles. The van der Waals surface area contributed by atoms with Crippen molar-refractivity contribution in [1.82, 2.24) is 10.3 Å². The summed E-state index contributed by atoms with van der Waals surface area (Å²) in [7, 11) is 0. The number of nitrogens with zero attached hydrogens (tertiary/aromatic N) is 1. The van der Waals surface area contributed by atoms with Crippen molar-refractivity contribution in [1.29, 1.82) is 0 Å². The van der Waals surface area contributed by atoms with E-state index in [0.29, 0.717) is 25.2 Å². The number of hydrogen-bond donors (Lipinski definition) is 2. The smallest absolute Gasteiger partial charge is 0.220 e.